The number of benzene rings is 1. The van der Waals surface area contributed by atoms with Gasteiger partial charge in [0.05, 0.1) is 12.6 Å². The number of carboxylic acids is 1. The molecular weight excluding hydrogens is 276 g/mol. The van der Waals surface area contributed by atoms with E-state index in [1.807, 2.05) is 42.3 Å². The predicted molar refractivity (Wildman–Crippen MR) is 77.1 cm³/mol. The lowest BCUT2D eigenvalue weighted by molar-refractivity contribution is 0.0690. The number of rotatable bonds is 6. The summed E-state index contributed by atoms with van der Waals surface area (Å²) in [5.41, 5.74) is 1.08. The van der Waals surface area contributed by atoms with E-state index in [1.165, 1.54) is 11.3 Å². The number of carboxylic acid groups (broad SMARTS) is 1. The van der Waals surface area contributed by atoms with Gasteiger partial charge >= 0.3 is 5.97 Å². The van der Waals surface area contributed by atoms with Crippen LogP contribution in [-0.4, -0.2) is 46.3 Å². The molecule has 2 rings (SSSR count). The molecule has 2 N–H and O–H groups in total. The van der Waals surface area contributed by atoms with E-state index in [0.29, 0.717) is 11.6 Å². The van der Waals surface area contributed by atoms with Crippen molar-refractivity contribution < 1.29 is 15.0 Å². The quantitative estimate of drug-likeness (QED) is 0.850. The molecule has 20 heavy (non-hydrogen) atoms. The van der Waals surface area contributed by atoms with Crippen LogP contribution in [0.2, 0.25) is 0 Å². The van der Waals surface area contributed by atoms with E-state index in [1.54, 1.807) is 5.38 Å². The van der Waals surface area contributed by atoms with Gasteiger partial charge in [-0.1, -0.05) is 30.3 Å². The first-order valence-electron chi connectivity index (χ1n) is 6.18. The Bertz CT molecular complexity index is 571. The van der Waals surface area contributed by atoms with Crippen molar-refractivity contribution in [2.45, 2.75) is 6.04 Å². The molecule has 2 aromatic rings. The third kappa shape index (κ3) is 3.22. The molecule has 0 aliphatic carbocycles. The van der Waals surface area contributed by atoms with Crippen LogP contribution in [0.4, 0.5) is 0 Å². The molecule has 0 amide bonds. The summed E-state index contributed by atoms with van der Waals surface area (Å²) in [7, 11) is 1.88. The van der Waals surface area contributed by atoms with Gasteiger partial charge < -0.3 is 10.2 Å². The van der Waals surface area contributed by atoms with Crippen molar-refractivity contribution in [3.05, 3.63) is 52.0 Å². The third-order valence-electron chi connectivity index (χ3n) is 2.98. The molecule has 0 saturated heterocycles. The number of aromatic carboxylic acids is 1. The summed E-state index contributed by atoms with van der Waals surface area (Å²) in [6.45, 7) is 0.526. The fourth-order valence-electron chi connectivity index (χ4n) is 2.02. The molecular formula is C14H16N2O3S. The summed E-state index contributed by atoms with van der Waals surface area (Å²) in [6, 6.07) is 9.58. The molecule has 6 heteroatoms. The molecule has 1 aromatic heterocycles. The van der Waals surface area contributed by atoms with E-state index in [4.69, 9.17) is 10.2 Å². The highest BCUT2D eigenvalue weighted by Crippen LogP contribution is 2.29. The number of carbonyl (C=O) groups is 1. The minimum Gasteiger partial charge on any atom is -0.476 e. The van der Waals surface area contributed by atoms with Crippen molar-refractivity contribution in [2.75, 3.05) is 20.2 Å². The van der Waals surface area contributed by atoms with Gasteiger partial charge in [-0.15, -0.1) is 11.3 Å². The first-order chi connectivity index (χ1) is 9.63. The fraction of sp³-hybridized carbons (Fsp3) is 0.286. The van der Waals surface area contributed by atoms with Crippen LogP contribution in [0.3, 0.4) is 0 Å². The maximum atomic E-state index is 11.0. The maximum absolute atomic E-state index is 11.0. The van der Waals surface area contributed by atoms with E-state index in [9.17, 15) is 4.79 Å². The number of nitrogens with zero attached hydrogens (tertiary/aromatic N) is 2. The van der Waals surface area contributed by atoms with Gasteiger partial charge in [-0.25, -0.2) is 9.78 Å². The molecule has 0 radical (unpaired) electrons. The van der Waals surface area contributed by atoms with Crippen molar-refractivity contribution in [1.29, 1.82) is 0 Å². The lowest BCUT2D eigenvalue weighted by Gasteiger charge is -2.26. The van der Waals surface area contributed by atoms with Crippen LogP contribution in [0, 0.1) is 0 Å². The highest BCUT2D eigenvalue weighted by Gasteiger charge is 2.23. The number of aliphatic hydroxyl groups is 1. The molecule has 5 nitrogen and oxygen atoms in total. The number of thiazole rings is 1. The Morgan fingerprint density at radius 3 is 2.65 bits per heavy atom. The Hall–Kier alpha value is -1.76. The average Bonchev–Trinajstić information content (AvgIpc) is 2.90. The molecule has 1 aromatic carbocycles. The first-order valence-corrected chi connectivity index (χ1v) is 7.06. The minimum atomic E-state index is -1.02. The van der Waals surface area contributed by atoms with Gasteiger partial charge in [0.1, 0.15) is 5.01 Å². The van der Waals surface area contributed by atoms with E-state index >= 15 is 0 Å². The summed E-state index contributed by atoms with van der Waals surface area (Å²) in [5, 5.41) is 20.4. The van der Waals surface area contributed by atoms with Crippen molar-refractivity contribution in [3.63, 3.8) is 0 Å². The van der Waals surface area contributed by atoms with E-state index in [-0.39, 0.29) is 18.3 Å². The van der Waals surface area contributed by atoms with Crippen LogP contribution < -0.4 is 0 Å². The molecule has 1 heterocycles. The zero-order valence-electron chi connectivity index (χ0n) is 11.1. The summed E-state index contributed by atoms with van der Waals surface area (Å²) >= 11 is 1.32. The predicted octanol–water partition coefficient (Wildman–Crippen LogP) is 1.85. The Kier molecular flexibility index (Phi) is 4.84. The summed E-state index contributed by atoms with van der Waals surface area (Å²) in [5.74, 6) is -1.02. The van der Waals surface area contributed by atoms with Crippen molar-refractivity contribution in [3.8, 4) is 0 Å². The number of aromatic nitrogens is 1. The zero-order valence-corrected chi connectivity index (χ0v) is 11.9. The summed E-state index contributed by atoms with van der Waals surface area (Å²) in [4.78, 5) is 17.1. The minimum absolute atomic E-state index is 0.0387. The average molecular weight is 292 g/mol. The zero-order chi connectivity index (χ0) is 14.5. The van der Waals surface area contributed by atoms with Gasteiger partial charge in [0, 0.05) is 11.9 Å². The van der Waals surface area contributed by atoms with Crippen LogP contribution >= 0.6 is 11.3 Å². The summed E-state index contributed by atoms with van der Waals surface area (Å²) in [6.07, 6.45) is 0. The lowest BCUT2D eigenvalue weighted by atomic mass is 10.1. The van der Waals surface area contributed by atoms with Gasteiger partial charge in [0.25, 0.3) is 0 Å². The topological polar surface area (TPSA) is 73.7 Å². The van der Waals surface area contributed by atoms with Crippen LogP contribution in [0.15, 0.2) is 35.7 Å². The number of likely N-dealkylation sites (N-methyl/N-ethyl adjacent to an activating group) is 1. The molecule has 0 fully saturated rings. The Balaban J connectivity index is 2.37. The lowest BCUT2D eigenvalue weighted by Crippen LogP contribution is -2.28. The van der Waals surface area contributed by atoms with E-state index < -0.39 is 5.97 Å². The molecule has 0 saturated carbocycles. The standard InChI is InChI=1S/C14H16N2O3S/c1-16(7-8-17)12(10-5-3-2-4-6-10)13-15-11(9-20-13)14(18)19/h2-6,9,12,17H,7-8H2,1H3,(H,18,19). The molecule has 0 aliphatic rings. The third-order valence-corrected chi connectivity index (χ3v) is 3.88. The van der Waals surface area contributed by atoms with Crippen molar-refractivity contribution >= 4 is 17.3 Å². The number of hydrogen-bond acceptors (Lipinski definition) is 5. The van der Waals surface area contributed by atoms with Crippen molar-refractivity contribution in [1.82, 2.24) is 9.88 Å². The van der Waals surface area contributed by atoms with Crippen LogP contribution in [0.25, 0.3) is 0 Å². The van der Waals surface area contributed by atoms with Crippen LogP contribution in [0.5, 0.6) is 0 Å². The fourth-order valence-corrected chi connectivity index (χ4v) is 3.00. The molecule has 0 aliphatic heterocycles. The molecule has 0 bridgehead atoms. The van der Waals surface area contributed by atoms with Gasteiger partial charge in [-0.05, 0) is 12.6 Å². The second kappa shape index (κ2) is 6.60. The smallest absolute Gasteiger partial charge is 0.355 e. The van der Waals surface area contributed by atoms with Gasteiger partial charge in [0.2, 0.25) is 0 Å². The van der Waals surface area contributed by atoms with Crippen LogP contribution in [-0.2, 0) is 0 Å². The highest BCUT2D eigenvalue weighted by molar-refractivity contribution is 7.10. The monoisotopic (exact) mass is 292 g/mol. The molecule has 0 spiro atoms. The second-order valence-electron chi connectivity index (χ2n) is 4.39. The Morgan fingerprint density at radius 2 is 2.10 bits per heavy atom. The van der Waals surface area contributed by atoms with Crippen molar-refractivity contribution in [2.24, 2.45) is 0 Å². The Labute approximate surface area is 121 Å². The van der Waals surface area contributed by atoms with E-state index in [2.05, 4.69) is 4.98 Å². The van der Waals surface area contributed by atoms with Gasteiger partial charge in [-0.3, -0.25) is 4.90 Å². The molecule has 1 unspecified atom stereocenters. The van der Waals surface area contributed by atoms with E-state index in [0.717, 1.165) is 5.56 Å². The first kappa shape index (κ1) is 14.6. The highest BCUT2D eigenvalue weighted by atomic mass is 32.1. The molecule has 1 atom stereocenters. The Morgan fingerprint density at radius 1 is 1.40 bits per heavy atom. The number of aliphatic hydroxyl groups excluding tert-OH is 1. The molecule has 106 valence electrons. The second-order valence-corrected chi connectivity index (χ2v) is 5.28. The number of hydrogen-bond donors (Lipinski definition) is 2. The SMILES string of the molecule is CN(CCO)C(c1ccccc1)c1nc(C(=O)O)cs1. The maximum Gasteiger partial charge on any atom is 0.355 e. The summed E-state index contributed by atoms with van der Waals surface area (Å²) < 4.78 is 0. The van der Waals surface area contributed by atoms with Gasteiger partial charge in [-0.2, -0.15) is 0 Å². The normalized spacial score (nSPS) is 12.6. The van der Waals surface area contributed by atoms with Gasteiger partial charge in [0.15, 0.2) is 5.69 Å². The van der Waals surface area contributed by atoms with Crippen LogP contribution in [0.1, 0.15) is 27.1 Å². The largest absolute Gasteiger partial charge is 0.476 e.